The van der Waals surface area contributed by atoms with Crippen molar-refractivity contribution in [3.05, 3.63) is 101 Å². The minimum Gasteiger partial charge on any atom is -0.366 e. The first-order valence-corrected chi connectivity index (χ1v) is 11.7. The maximum Gasteiger partial charge on any atom is 0.129 e. The molecular formula is C29H33FN2. The Balaban J connectivity index is 1.54. The van der Waals surface area contributed by atoms with Crippen molar-refractivity contribution in [1.82, 2.24) is 5.32 Å². The molecule has 166 valence electrons. The van der Waals surface area contributed by atoms with Crippen molar-refractivity contribution in [2.45, 2.75) is 59.0 Å². The lowest BCUT2D eigenvalue weighted by atomic mass is 9.96. The lowest BCUT2D eigenvalue weighted by Crippen LogP contribution is -2.27. The Bertz CT molecular complexity index is 1040. The van der Waals surface area contributed by atoms with Gasteiger partial charge >= 0.3 is 0 Å². The molecule has 1 heterocycles. The lowest BCUT2D eigenvalue weighted by molar-refractivity contribution is 0.620. The molecule has 3 aromatic rings. The summed E-state index contributed by atoms with van der Waals surface area (Å²) in [6.45, 7) is 6.59. The van der Waals surface area contributed by atoms with E-state index in [0.717, 1.165) is 12.0 Å². The number of hydrogen-bond acceptors (Lipinski definition) is 2. The second kappa shape index (κ2) is 10.0. The summed E-state index contributed by atoms with van der Waals surface area (Å²) in [6.07, 6.45) is 10.3. The summed E-state index contributed by atoms with van der Waals surface area (Å²) in [5.74, 6) is -0.213. The molecule has 3 aromatic carbocycles. The van der Waals surface area contributed by atoms with Crippen molar-refractivity contribution in [1.29, 1.82) is 0 Å². The van der Waals surface area contributed by atoms with Crippen LogP contribution in [0.3, 0.4) is 0 Å². The summed E-state index contributed by atoms with van der Waals surface area (Å²) in [4.78, 5) is 2.24. The van der Waals surface area contributed by atoms with Gasteiger partial charge in [0.15, 0.2) is 0 Å². The molecule has 3 heteroatoms. The van der Waals surface area contributed by atoms with Gasteiger partial charge in [-0.05, 0) is 84.3 Å². The highest BCUT2D eigenvalue weighted by atomic mass is 19.1. The number of rotatable bonds is 8. The van der Waals surface area contributed by atoms with Gasteiger partial charge in [-0.3, -0.25) is 0 Å². The maximum atomic E-state index is 13.4. The van der Waals surface area contributed by atoms with E-state index in [4.69, 9.17) is 0 Å². The molecule has 0 bridgehead atoms. The average Bonchev–Trinajstić information content (AvgIpc) is 3.26. The fourth-order valence-electron chi connectivity index (χ4n) is 4.64. The molecule has 32 heavy (non-hydrogen) atoms. The van der Waals surface area contributed by atoms with Crippen LogP contribution in [0.15, 0.2) is 73.1 Å². The van der Waals surface area contributed by atoms with Crippen molar-refractivity contribution in [2.75, 3.05) is 4.90 Å². The Morgan fingerprint density at radius 2 is 1.53 bits per heavy atom. The van der Waals surface area contributed by atoms with E-state index < -0.39 is 0 Å². The van der Waals surface area contributed by atoms with Crippen LogP contribution in [0.1, 0.15) is 61.0 Å². The molecular weight excluding hydrogens is 395 g/mol. The number of nitrogens with zero attached hydrogens (tertiary/aromatic N) is 1. The molecule has 0 aromatic heterocycles. The van der Waals surface area contributed by atoms with E-state index >= 15 is 0 Å². The standard InChI is InChI=1S/C29H33FN2/c1-4-5-6-7-8-23-9-11-24(12-10-23)26-19-21(2)28(22(3)20-26)32-18-17-31-29(32)25-13-15-27(30)16-14-25/h9-20,29,31H,4-8H2,1-3H3. The zero-order chi connectivity index (χ0) is 22.5. The van der Waals surface area contributed by atoms with Crippen LogP contribution in [0.2, 0.25) is 0 Å². The van der Waals surface area contributed by atoms with Crippen LogP contribution in [0, 0.1) is 19.7 Å². The molecule has 1 aliphatic heterocycles. The quantitative estimate of drug-likeness (QED) is 0.368. The van der Waals surface area contributed by atoms with Gasteiger partial charge < -0.3 is 10.2 Å². The molecule has 0 fully saturated rings. The minimum absolute atomic E-state index is 0.0363. The molecule has 0 radical (unpaired) electrons. The number of hydrogen-bond donors (Lipinski definition) is 1. The van der Waals surface area contributed by atoms with Crippen LogP contribution in [0.4, 0.5) is 10.1 Å². The summed E-state index contributed by atoms with van der Waals surface area (Å²) in [7, 11) is 0. The third-order valence-corrected chi connectivity index (χ3v) is 6.31. The van der Waals surface area contributed by atoms with E-state index in [1.165, 1.54) is 71.3 Å². The number of nitrogens with one attached hydrogen (secondary N) is 1. The van der Waals surface area contributed by atoms with Gasteiger partial charge in [0.1, 0.15) is 12.0 Å². The molecule has 0 amide bonds. The Hall–Kier alpha value is -3.07. The zero-order valence-electron chi connectivity index (χ0n) is 19.4. The van der Waals surface area contributed by atoms with Gasteiger partial charge in [-0.1, -0.05) is 62.6 Å². The largest absolute Gasteiger partial charge is 0.366 e. The molecule has 0 saturated heterocycles. The third kappa shape index (κ3) is 4.88. The van der Waals surface area contributed by atoms with Crippen LogP contribution >= 0.6 is 0 Å². The van der Waals surface area contributed by atoms with Gasteiger partial charge in [0.05, 0.1) is 0 Å². The maximum absolute atomic E-state index is 13.4. The van der Waals surface area contributed by atoms with Gasteiger partial charge in [0.25, 0.3) is 0 Å². The molecule has 0 spiro atoms. The minimum atomic E-state index is -0.213. The Labute approximate surface area is 191 Å². The third-order valence-electron chi connectivity index (χ3n) is 6.31. The summed E-state index contributed by atoms with van der Waals surface area (Å²) < 4.78 is 13.4. The summed E-state index contributed by atoms with van der Waals surface area (Å²) >= 11 is 0. The van der Waals surface area contributed by atoms with E-state index in [1.54, 1.807) is 0 Å². The number of halogens is 1. The molecule has 1 atom stereocenters. The Kier molecular flexibility index (Phi) is 6.94. The fourth-order valence-corrected chi connectivity index (χ4v) is 4.64. The molecule has 1 aliphatic rings. The molecule has 0 saturated carbocycles. The van der Waals surface area contributed by atoms with E-state index in [9.17, 15) is 4.39 Å². The molecule has 4 rings (SSSR count). The fraction of sp³-hybridized carbons (Fsp3) is 0.310. The molecule has 0 aliphatic carbocycles. The summed E-state index contributed by atoms with van der Waals surface area (Å²) in [6, 6.07) is 20.3. The normalized spacial score (nSPS) is 15.2. The van der Waals surface area contributed by atoms with Gasteiger partial charge in [-0.25, -0.2) is 4.39 Å². The average molecular weight is 429 g/mol. The van der Waals surface area contributed by atoms with Gasteiger partial charge in [0.2, 0.25) is 0 Å². The monoisotopic (exact) mass is 428 g/mol. The summed E-state index contributed by atoms with van der Waals surface area (Å²) in [5.41, 5.74) is 8.60. The van der Waals surface area contributed by atoms with Crippen LogP contribution in [-0.4, -0.2) is 0 Å². The number of benzene rings is 3. The van der Waals surface area contributed by atoms with Gasteiger partial charge in [0, 0.05) is 18.1 Å². The zero-order valence-corrected chi connectivity index (χ0v) is 19.4. The van der Waals surface area contributed by atoms with Crippen molar-refractivity contribution in [3.8, 4) is 11.1 Å². The second-order valence-electron chi connectivity index (χ2n) is 8.81. The first kappa shape index (κ1) is 22.1. The molecule has 1 unspecified atom stereocenters. The number of aryl methyl sites for hydroxylation is 3. The second-order valence-corrected chi connectivity index (χ2v) is 8.81. The lowest BCUT2D eigenvalue weighted by Gasteiger charge is -2.29. The van der Waals surface area contributed by atoms with E-state index in [-0.39, 0.29) is 12.0 Å². The van der Waals surface area contributed by atoms with Crippen LogP contribution in [0.25, 0.3) is 11.1 Å². The highest BCUT2D eigenvalue weighted by Crippen LogP contribution is 2.37. The first-order chi connectivity index (χ1) is 15.6. The van der Waals surface area contributed by atoms with E-state index in [0.29, 0.717) is 0 Å². The Morgan fingerprint density at radius 1 is 0.844 bits per heavy atom. The van der Waals surface area contributed by atoms with Crippen LogP contribution in [-0.2, 0) is 6.42 Å². The highest BCUT2D eigenvalue weighted by Gasteiger charge is 2.25. The van der Waals surface area contributed by atoms with E-state index in [1.807, 2.05) is 18.3 Å². The summed E-state index contributed by atoms with van der Waals surface area (Å²) in [5, 5.41) is 3.40. The predicted molar refractivity (Wildman–Crippen MR) is 133 cm³/mol. The van der Waals surface area contributed by atoms with Crippen molar-refractivity contribution in [2.24, 2.45) is 0 Å². The SMILES string of the molecule is CCCCCCc1ccc(-c2cc(C)c(N3C=CNC3c3ccc(F)cc3)c(C)c2)cc1. The molecule has 2 nitrogen and oxygen atoms in total. The predicted octanol–water partition coefficient (Wildman–Crippen LogP) is 7.81. The van der Waals surface area contributed by atoms with Crippen LogP contribution in [0.5, 0.6) is 0 Å². The van der Waals surface area contributed by atoms with Gasteiger partial charge in [-0.15, -0.1) is 0 Å². The van der Waals surface area contributed by atoms with Crippen molar-refractivity contribution >= 4 is 5.69 Å². The van der Waals surface area contributed by atoms with E-state index in [2.05, 4.69) is 73.6 Å². The number of anilines is 1. The smallest absolute Gasteiger partial charge is 0.129 e. The first-order valence-electron chi connectivity index (χ1n) is 11.7. The van der Waals surface area contributed by atoms with Gasteiger partial charge in [-0.2, -0.15) is 0 Å². The number of unbranched alkanes of at least 4 members (excludes halogenated alkanes) is 3. The van der Waals surface area contributed by atoms with Crippen LogP contribution < -0.4 is 10.2 Å². The van der Waals surface area contributed by atoms with Crippen molar-refractivity contribution < 1.29 is 4.39 Å². The topological polar surface area (TPSA) is 15.3 Å². The van der Waals surface area contributed by atoms with Crippen molar-refractivity contribution in [3.63, 3.8) is 0 Å². The molecule has 1 N–H and O–H groups in total. The Morgan fingerprint density at radius 3 is 2.19 bits per heavy atom. The highest BCUT2D eigenvalue weighted by molar-refractivity contribution is 5.73.